The first kappa shape index (κ1) is 16.5. The Hall–Kier alpha value is -1.91. The van der Waals surface area contributed by atoms with E-state index in [1.807, 2.05) is 12.1 Å². The first-order chi connectivity index (χ1) is 10.6. The molecule has 1 fully saturated rings. The van der Waals surface area contributed by atoms with Gasteiger partial charge in [0.05, 0.1) is 13.0 Å². The third-order valence-electron chi connectivity index (χ3n) is 4.20. The summed E-state index contributed by atoms with van der Waals surface area (Å²) in [5.74, 6) is -0.469. The molecule has 1 amide bonds. The lowest BCUT2D eigenvalue weighted by Crippen LogP contribution is -2.32. The van der Waals surface area contributed by atoms with Crippen LogP contribution in [0.3, 0.4) is 0 Å². The van der Waals surface area contributed by atoms with E-state index in [1.165, 1.54) is 26.4 Å². The molecule has 0 aliphatic heterocycles. The molecule has 2 rings (SSSR count). The average molecular weight is 304 g/mol. The molecule has 5 heteroatoms. The number of amides is 1. The van der Waals surface area contributed by atoms with Gasteiger partial charge in [-0.15, -0.1) is 0 Å². The van der Waals surface area contributed by atoms with Crippen molar-refractivity contribution in [2.24, 2.45) is 5.92 Å². The SMILES string of the molecule is COC(=O)C(C)CNC(=O)c1cccc(C2CCCCC2)n1. The summed E-state index contributed by atoms with van der Waals surface area (Å²) >= 11 is 0. The molecule has 0 spiro atoms. The highest BCUT2D eigenvalue weighted by atomic mass is 16.5. The van der Waals surface area contributed by atoms with E-state index in [-0.39, 0.29) is 24.3 Å². The highest BCUT2D eigenvalue weighted by molar-refractivity contribution is 5.92. The summed E-state index contributed by atoms with van der Waals surface area (Å²) < 4.78 is 4.64. The second-order valence-corrected chi connectivity index (χ2v) is 5.92. The van der Waals surface area contributed by atoms with Crippen molar-refractivity contribution in [1.29, 1.82) is 0 Å². The third kappa shape index (κ3) is 4.29. The molecule has 1 atom stereocenters. The van der Waals surface area contributed by atoms with E-state index in [0.29, 0.717) is 11.6 Å². The van der Waals surface area contributed by atoms with Crippen LogP contribution in [-0.2, 0) is 9.53 Å². The Morgan fingerprint density at radius 3 is 2.73 bits per heavy atom. The molecule has 1 aliphatic rings. The van der Waals surface area contributed by atoms with Gasteiger partial charge >= 0.3 is 5.97 Å². The number of nitrogens with zero attached hydrogens (tertiary/aromatic N) is 1. The number of ether oxygens (including phenoxy) is 1. The fourth-order valence-corrected chi connectivity index (χ4v) is 2.82. The molecule has 1 N–H and O–H groups in total. The highest BCUT2D eigenvalue weighted by Crippen LogP contribution is 2.31. The van der Waals surface area contributed by atoms with Crippen LogP contribution >= 0.6 is 0 Å². The number of hydrogen-bond donors (Lipinski definition) is 1. The number of pyridine rings is 1. The Morgan fingerprint density at radius 2 is 2.05 bits per heavy atom. The van der Waals surface area contributed by atoms with Crippen molar-refractivity contribution < 1.29 is 14.3 Å². The van der Waals surface area contributed by atoms with Crippen LogP contribution in [0.2, 0.25) is 0 Å². The molecule has 1 aliphatic carbocycles. The van der Waals surface area contributed by atoms with Gasteiger partial charge in [0.25, 0.3) is 5.91 Å². The zero-order valence-electron chi connectivity index (χ0n) is 13.3. The van der Waals surface area contributed by atoms with Crippen LogP contribution < -0.4 is 5.32 Å². The van der Waals surface area contributed by atoms with E-state index in [9.17, 15) is 9.59 Å². The van der Waals surface area contributed by atoms with Crippen molar-refractivity contribution in [1.82, 2.24) is 10.3 Å². The summed E-state index contributed by atoms with van der Waals surface area (Å²) in [5.41, 5.74) is 1.42. The number of aromatic nitrogens is 1. The number of nitrogens with one attached hydrogen (secondary N) is 1. The summed E-state index contributed by atoms with van der Waals surface area (Å²) in [6, 6.07) is 5.60. The van der Waals surface area contributed by atoms with Crippen molar-refractivity contribution in [2.75, 3.05) is 13.7 Å². The quantitative estimate of drug-likeness (QED) is 0.849. The lowest BCUT2D eigenvalue weighted by molar-refractivity contribution is -0.144. The number of carbonyl (C=O) groups is 2. The molecular formula is C17H24N2O3. The van der Waals surface area contributed by atoms with Crippen LogP contribution in [0.15, 0.2) is 18.2 Å². The Bertz CT molecular complexity index is 524. The number of esters is 1. The van der Waals surface area contributed by atoms with Crippen LogP contribution in [0, 0.1) is 5.92 Å². The van der Waals surface area contributed by atoms with Crippen LogP contribution in [0.1, 0.15) is 61.1 Å². The van der Waals surface area contributed by atoms with E-state index < -0.39 is 0 Å². The lowest BCUT2D eigenvalue weighted by atomic mass is 9.86. The number of methoxy groups -OCH3 is 1. The molecule has 1 heterocycles. The highest BCUT2D eigenvalue weighted by Gasteiger charge is 2.19. The molecule has 22 heavy (non-hydrogen) atoms. The second-order valence-electron chi connectivity index (χ2n) is 5.92. The molecular weight excluding hydrogens is 280 g/mol. The molecule has 1 aromatic rings. The third-order valence-corrected chi connectivity index (χ3v) is 4.20. The van der Waals surface area contributed by atoms with E-state index in [2.05, 4.69) is 15.0 Å². The largest absolute Gasteiger partial charge is 0.469 e. The Kier molecular flexibility index (Phi) is 5.92. The van der Waals surface area contributed by atoms with Gasteiger partial charge in [0.15, 0.2) is 0 Å². The monoisotopic (exact) mass is 304 g/mol. The molecule has 120 valence electrons. The van der Waals surface area contributed by atoms with Gasteiger partial charge in [-0.25, -0.2) is 4.98 Å². The zero-order valence-corrected chi connectivity index (χ0v) is 13.3. The number of rotatable bonds is 5. The molecule has 1 saturated carbocycles. The predicted molar refractivity (Wildman–Crippen MR) is 83.6 cm³/mol. The standard InChI is InChI=1S/C17H24N2O3/c1-12(17(21)22-2)11-18-16(20)15-10-6-9-14(19-15)13-7-4-3-5-8-13/h6,9-10,12-13H,3-5,7-8,11H2,1-2H3,(H,18,20). The van der Waals surface area contributed by atoms with Crippen molar-refractivity contribution in [3.05, 3.63) is 29.6 Å². The average Bonchev–Trinajstić information content (AvgIpc) is 2.59. The molecule has 0 aromatic carbocycles. The van der Waals surface area contributed by atoms with E-state index in [4.69, 9.17) is 0 Å². The molecule has 0 radical (unpaired) electrons. The molecule has 5 nitrogen and oxygen atoms in total. The number of carbonyl (C=O) groups excluding carboxylic acids is 2. The number of hydrogen-bond acceptors (Lipinski definition) is 4. The van der Waals surface area contributed by atoms with Crippen LogP contribution in [0.5, 0.6) is 0 Å². The summed E-state index contributed by atoms with van der Waals surface area (Å²) in [6.07, 6.45) is 6.07. The maximum atomic E-state index is 12.2. The van der Waals surface area contributed by atoms with E-state index in [0.717, 1.165) is 18.5 Å². The van der Waals surface area contributed by atoms with Crippen molar-refractivity contribution in [2.45, 2.75) is 44.9 Å². The van der Waals surface area contributed by atoms with Gasteiger partial charge in [0, 0.05) is 18.2 Å². The Balaban J connectivity index is 1.96. The van der Waals surface area contributed by atoms with Crippen molar-refractivity contribution in [3.63, 3.8) is 0 Å². The second kappa shape index (κ2) is 7.92. The first-order valence-electron chi connectivity index (χ1n) is 7.94. The normalized spacial score (nSPS) is 16.8. The smallest absolute Gasteiger partial charge is 0.310 e. The summed E-state index contributed by atoms with van der Waals surface area (Å²) in [7, 11) is 1.34. The summed E-state index contributed by atoms with van der Waals surface area (Å²) in [4.78, 5) is 28.0. The van der Waals surface area contributed by atoms with Crippen molar-refractivity contribution >= 4 is 11.9 Å². The summed E-state index contributed by atoms with van der Waals surface area (Å²) in [6.45, 7) is 1.97. The molecule has 0 saturated heterocycles. The summed E-state index contributed by atoms with van der Waals surface area (Å²) in [5, 5.41) is 2.74. The van der Waals surface area contributed by atoms with Crippen molar-refractivity contribution in [3.8, 4) is 0 Å². The van der Waals surface area contributed by atoms with Gasteiger partial charge in [0.2, 0.25) is 0 Å². The zero-order chi connectivity index (χ0) is 15.9. The van der Waals surface area contributed by atoms with Gasteiger partial charge in [-0.1, -0.05) is 32.3 Å². The Morgan fingerprint density at radius 1 is 1.32 bits per heavy atom. The van der Waals surface area contributed by atoms with Crippen LogP contribution in [0.25, 0.3) is 0 Å². The minimum atomic E-state index is -0.365. The minimum Gasteiger partial charge on any atom is -0.469 e. The topological polar surface area (TPSA) is 68.3 Å². The van der Waals surface area contributed by atoms with E-state index in [1.54, 1.807) is 13.0 Å². The first-order valence-corrected chi connectivity index (χ1v) is 7.94. The molecule has 1 aromatic heterocycles. The maximum Gasteiger partial charge on any atom is 0.310 e. The van der Waals surface area contributed by atoms with Crippen LogP contribution in [-0.4, -0.2) is 30.5 Å². The molecule has 1 unspecified atom stereocenters. The minimum absolute atomic E-state index is 0.242. The van der Waals surface area contributed by atoms with E-state index >= 15 is 0 Å². The fraction of sp³-hybridized carbons (Fsp3) is 0.588. The maximum absolute atomic E-state index is 12.2. The van der Waals surface area contributed by atoms with Gasteiger partial charge in [-0.3, -0.25) is 9.59 Å². The lowest BCUT2D eigenvalue weighted by Gasteiger charge is -2.21. The fourth-order valence-electron chi connectivity index (χ4n) is 2.82. The predicted octanol–water partition coefficient (Wildman–Crippen LogP) is 2.67. The van der Waals surface area contributed by atoms with Gasteiger partial charge in [-0.05, 0) is 25.0 Å². The Labute approximate surface area is 131 Å². The van der Waals surface area contributed by atoms with Gasteiger partial charge < -0.3 is 10.1 Å². The van der Waals surface area contributed by atoms with Gasteiger partial charge in [-0.2, -0.15) is 0 Å². The van der Waals surface area contributed by atoms with Crippen LogP contribution in [0.4, 0.5) is 0 Å². The molecule has 0 bridgehead atoms. The van der Waals surface area contributed by atoms with Gasteiger partial charge in [0.1, 0.15) is 5.69 Å².